The number of rotatable bonds is 7. The molecule has 0 unspecified atom stereocenters. The summed E-state index contributed by atoms with van der Waals surface area (Å²) in [5.41, 5.74) is 7.49. The second-order valence-electron chi connectivity index (χ2n) is 5.21. The van der Waals surface area contributed by atoms with Gasteiger partial charge in [-0.05, 0) is 40.2 Å². The molecule has 0 saturated carbocycles. The van der Waals surface area contributed by atoms with Crippen LogP contribution in [-0.2, 0) is 6.42 Å². The first-order valence-electron chi connectivity index (χ1n) is 7.52. The van der Waals surface area contributed by atoms with E-state index < -0.39 is 5.91 Å². The maximum atomic E-state index is 11.1. The van der Waals surface area contributed by atoms with Gasteiger partial charge in [0, 0.05) is 42.3 Å². The number of imidazole rings is 1. The van der Waals surface area contributed by atoms with Crippen molar-refractivity contribution in [3.05, 3.63) is 58.7 Å². The molecule has 0 saturated heterocycles. The topological polar surface area (TPSA) is 122 Å². The fraction of sp³-hybridized carbons (Fsp3) is 0.125. The van der Waals surface area contributed by atoms with Crippen molar-refractivity contribution in [3.8, 4) is 0 Å². The molecule has 0 atom stereocenters. The Hall–Kier alpha value is -2.94. The summed E-state index contributed by atoms with van der Waals surface area (Å²) in [5, 5.41) is 6.34. The standard InChI is InChI=1S/C16H16BrN7O/c17-13-8-21-16(23-11-3-1-10(2-4-11)14(18)25)24-15(13)20-6-5-12-7-19-9-22-12/h1-4,7-9H,5-6H2,(H2,18,25)(H,19,22)(H2,20,21,23,24). The molecule has 0 fully saturated rings. The lowest BCUT2D eigenvalue weighted by atomic mass is 10.2. The van der Waals surface area contributed by atoms with E-state index in [0.29, 0.717) is 23.9 Å². The smallest absolute Gasteiger partial charge is 0.248 e. The summed E-state index contributed by atoms with van der Waals surface area (Å²) in [7, 11) is 0. The number of carbonyl (C=O) groups excluding carboxylic acids is 1. The van der Waals surface area contributed by atoms with Crippen LogP contribution in [0.1, 0.15) is 16.1 Å². The summed E-state index contributed by atoms with van der Waals surface area (Å²) in [4.78, 5) is 26.8. The summed E-state index contributed by atoms with van der Waals surface area (Å²) >= 11 is 3.43. The minimum atomic E-state index is -0.463. The Bertz CT molecular complexity index is 849. The van der Waals surface area contributed by atoms with E-state index >= 15 is 0 Å². The van der Waals surface area contributed by atoms with Gasteiger partial charge in [0.05, 0.1) is 10.8 Å². The number of amides is 1. The highest BCUT2D eigenvalue weighted by atomic mass is 79.9. The third-order valence-corrected chi connectivity index (χ3v) is 3.99. The van der Waals surface area contributed by atoms with Crippen LogP contribution >= 0.6 is 15.9 Å². The first-order valence-corrected chi connectivity index (χ1v) is 8.31. The van der Waals surface area contributed by atoms with Crippen molar-refractivity contribution in [2.45, 2.75) is 6.42 Å². The van der Waals surface area contributed by atoms with Crippen molar-refractivity contribution in [2.75, 3.05) is 17.2 Å². The van der Waals surface area contributed by atoms with Crippen molar-refractivity contribution in [1.29, 1.82) is 0 Å². The van der Waals surface area contributed by atoms with Crippen molar-refractivity contribution in [3.63, 3.8) is 0 Å². The van der Waals surface area contributed by atoms with E-state index in [9.17, 15) is 4.79 Å². The lowest BCUT2D eigenvalue weighted by Crippen LogP contribution is -2.10. The SMILES string of the molecule is NC(=O)c1ccc(Nc2ncc(Br)c(NCCc3cnc[nH]3)n2)cc1. The predicted molar refractivity (Wildman–Crippen MR) is 98.8 cm³/mol. The van der Waals surface area contributed by atoms with E-state index in [0.717, 1.165) is 22.3 Å². The molecular weight excluding hydrogens is 386 g/mol. The number of aromatic amines is 1. The third kappa shape index (κ3) is 4.54. The van der Waals surface area contributed by atoms with Gasteiger partial charge in [0.15, 0.2) is 0 Å². The van der Waals surface area contributed by atoms with Crippen LogP contribution in [0.3, 0.4) is 0 Å². The van der Waals surface area contributed by atoms with Gasteiger partial charge in [-0.25, -0.2) is 9.97 Å². The molecule has 1 aromatic carbocycles. The second kappa shape index (κ2) is 7.75. The minimum Gasteiger partial charge on any atom is -0.369 e. The summed E-state index contributed by atoms with van der Waals surface area (Å²) in [5.74, 6) is 0.667. The molecule has 2 heterocycles. The highest BCUT2D eigenvalue weighted by Gasteiger charge is 2.06. The van der Waals surface area contributed by atoms with Gasteiger partial charge in [-0.1, -0.05) is 0 Å². The van der Waals surface area contributed by atoms with E-state index in [1.807, 2.05) is 0 Å². The molecular formula is C16H16BrN7O. The van der Waals surface area contributed by atoms with Crippen LogP contribution in [0.2, 0.25) is 0 Å². The quantitative estimate of drug-likeness (QED) is 0.482. The van der Waals surface area contributed by atoms with E-state index in [1.165, 1.54) is 0 Å². The zero-order chi connectivity index (χ0) is 17.6. The Balaban J connectivity index is 1.64. The maximum absolute atomic E-state index is 11.1. The largest absolute Gasteiger partial charge is 0.369 e. The zero-order valence-corrected chi connectivity index (χ0v) is 14.7. The number of nitrogens with zero attached hydrogens (tertiary/aromatic N) is 3. The van der Waals surface area contributed by atoms with Gasteiger partial charge in [0.25, 0.3) is 0 Å². The lowest BCUT2D eigenvalue weighted by molar-refractivity contribution is 0.100. The molecule has 128 valence electrons. The summed E-state index contributed by atoms with van der Waals surface area (Å²) in [6, 6.07) is 6.79. The first kappa shape index (κ1) is 16.9. The van der Waals surface area contributed by atoms with Crippen molar-refractivity contribution >= 4 is 39.3 Å². The van der Waals surface area contributed by atoms with E-state index in [-0.39, 0.29) is 0 Å². The highest BCUT2D eigenvalue weighted by molar-refractivity contribution is 9.10. The number of carbonyl (C=O) groups is 1. The molecule has 9 heteroatoms. The second-order valence-corrected chi connectivity index (χ2v) is 6.06. The Morgan fingerprint density at radius 2 is 2.04 bits per heavy atom. The molecule has 1 amide bonds. The van der Waals surface area contributed by atoms with Crippen LogP contribution < -0.4 is 16.4 Å². The number of H-pyrrole nitrogens is 1. The van der Waals surface area contributed by atoms with E-state index in [1.54, 1.807) is 43.0 Å². The lowest BCUT2D eigenvalue weighted by Gasteiger charge is -2.10. The highest BCUT2D eigenvalue weighted by Crippen LogP contribution is 2.22. The fourth-order valence-corrected chi connectivity index (χ4v) is 2.47. The molecule has 0 aliphatic carbocycles. The number of nitrogens with two attached hydrogens (primary N) is 1. The molecule has 8 nitrogen and oxygen atoms in total. The fourth-order valence-electron chi connectivity index (χ4n) is 2.14. The molecule has 3 rings (SSSR count). The van der Waals surface area contributed by atoms with Gasteiger partial charge in [0.2, 0.25) is 11.9 Å². The molecule has 0 radical (unpaired) electrons. The van der Waals surface area contributed by atoms with Gasteiger partial charge in [-0.3, -0.25) is 4.79 Å². The van der Waals surface area contributed by atoms with Gasteiger partial charge in [0.1, 0.15) is 5.82 Å². The van der Waals surface area contributed by atoms with Crippen LogP contribution in [0.4, 0.5) is 17.5 Å². The van der Waals surface area contributed by atoms with Crippen LogP contribution in [-0.4, -0.2) is 32.4 Å². The summed E-state index contributed by atoms with van der Waals surface area (Å²) in [6.07, 6.45) is 5.92. The van der Waals surface area contributed by atoms with Crippen molar-refractivity contribution in [1.82, 2.24) is 19.9 Å². The van der Waals surface area contributed by atoms with Gasteiger partial charge < -0.3 is 21.4 Å². The van der Waals surface area contributed by atoms with E-state index in [4.69, 9.17) is 5.73 Å². The molecule has 3 aromatic rings. The van der Waals surface area contributed by atoms with Gasteiger partial charge in [-0.2, -0.15) is 4.98 Å². The third-order valence-electron chi connectivity index (χ3n) is 3.41. The van der Waals surface area contributed by atoms with Gasteiger partial charge >= 0.3 is 0 Å². The summed E-state index contributed by atoms with van der Waals surface area (Å²) in [6.45, 7) is 0.699. The van der Waals surface area contributed by atoms with Crippen molar-refractivity contribution < 1.29 is 4.79 Å². The Labute approximate surface area is 152 Å². The molecule has 0 spiro atoms. The first-order chi connectivity index (χ1) is 12.1. The number of nitrogens with one attached hydrogen (secondary N) is 3. The molecule has 0 aliphatic rings. The molecule has 2 aromatic heterocycles. The van der Waals surface area contributed by atoms with Crippen LogP contribution in [0, 0.1) is 0 Å². The number of halogens is 1. The minimum absolute atomic E-state index is 0.444. The van der Waals surface area contributed by atoms with E-state index in [2.05, 4.69) is 46.5 Å². The number of aromatic nitrogens is 4. The number of hydrogen-bond donors (Lipinski definition) is 4. The van der Waals surface area contributed by atoms with Crippen molar-refractivity contribution in [2.24, 2.45) is 5.73 Å². The monoisotopic (exact) mass is 401 g/mol. The number of primary amides is 1. The van der Waals surface area contributed by atoms with Gasteiger partial charge in [-0.15, -0.1) is 0 Å². The number of benzene rings is 1. The average molecular weight is 402 g/mol. The molecule has 0 aliphatic heterocycles. The maximum Gasteiger partial charge on any atom is 0.248 e. The molecule has 5 N–H and O–H groups in total. The zero-order valence-electron chi connectivity index (χ0n) is 13.2. The number of anilines is 3. The molecule has 0 bridgehead atoms. The average Bonchev–Trinajstić information content (AvgIpc) is 3.11. The molecule has 25 heavy (non-hydrogen) atoms. The Kier molecular flexibility index (Phi) is 5.24. The number of hydrogen-bond acceptors (Lipinski definition) is 6. The predicted octanol–water partition coefficient (Wildman–Crippen LogP) is 2.46. The Morgan fingerprint density at radius 1 is 1.24 bits per heavy atom. The normalized spacial score (nSPS) is 10.4. The van der Waals surface area contributed by atoms with Crippen LogP contribution in [0.5, 0.6) is 0 Å². The Morgan fingerprint density at radius 3 is 2.72 bits per heavy atom. The summed E-state index contributed by atoms with van der Waals surface area (Å²) < 4.78 is 0.770. The van der Waals surface area contributed by atoms with Crippen LogP contribution in [0.15, 0.2) is 47.5 Å². The van der Waals surface area contributed by atoms with Crippen LogP contribution in [0.25, 0.3) is 0 Å².